The highest BCUT2D eigenvalue weighted by atomic mass is 28.4. The van der Waals surface area contributed by atoms with E-state index in [0.29, 0.717) is 5.92 Å². The molecule has 0 unspecified atom stereocenters. The van der Waals surface area contributed by atoms with Crippen LogP contribution >= 0.6 is 0 Å². The standard InChI is InChI=1S/C16H31NO3Si/c1-15(2,3)19-14(18)17-10-11-9-12(17)13(11)20-21(7,8)16(4,5)6/h11-13H,9-10H2,1-8H3/t11-,12-,13+/m0/s1. The maximum Gasteiger partial charge on any atom is 0.410 e. The summed E-state index contributed by atoms with van der Waals surface area (Å²) in [6.07, 6.45) is 1.10. The van der Waals surface area contributed by atoms with E-state index in [1.165, 1.54) is 0 Å². The van der Waals surface area contributed by atoms with Gasteiger partial charge in [0.05, 0.1) is 12.1 Å². The molecule has 2 saturated heterocycles. The lowest BCUT2D eigenvalue weighted by atomic mass is 9.83. The largest absolute Gasteiger partial charge is 0.444 e. The van der Waals surface area contributed by atoms with E-state index in [-0.39, 0.29) is 23.3 Å². The Labute approximate surface area is 130 Å². The molecule has 0 radical (unpaired) electrons. The van der Waals surface area contributed by atoms with Gasteiger partial charge in [-0.3, -0.25) is 0 Å². The topological polar surface area (TPSA) is 38.8 Å². The van der Waals surface area contributed by atoms with Crippen molar-refractivity contribution in [3.63, 3.8) is 0 Å². The van der Waals surface area contributed by atoms with Gasteiger partial charge in [-0.1, -0.05) is 20.8 Å². The monoisotopic (exact) mass is 313 g/mol. The van der Waals surface area contributed by atoms with Crippen LogP contribution in [0, 0.1) is 5.92 Å². The molecule has 0 spiro atoms. The number of ether oxygens (including phenoxy) is 1. The highest BCUT2D eigenvalue weighted by molar-refractivity contribution is 6.74. The zero-order valence-electron chi connectivity index (χ0n) is 14.8. The van der Waals surface area contributed by atoms with E-state index < -0.39 is 13.9 Å². The fourth-order valence-corrected chi connectivity index (χ4v) is 4.17. The van der Waals surface area contributed by atoms with E-state index in [9.17, 15) is 4.79 Å². The van der Waals surface area contributed by atoms with E-state index in [4.69, 9.17) is 9.16 Å². The van der Waals surface area contributed by atoms with Crippen LogP contribution in [0.1, 0.15) is 48.0 Å². The van der Waals surface area contributed by atoms with Crippen LogP contribution in [0.3, 0.4) is 0 Å². The number of hydrogen-bond donors (Lipinski definition) is 0. The molecular weight excluding hydrogens is 282 g/mol. The summed E-state index contributed by atoms with van der Waals surface area (Å²) in [7, 11) is -1.77. The molecule has 0 aromatic carbocycles. The minimum absolute atomic E-state index is 0.184. The first-order chi connectivity index (χ1) is 9.32. The highest BCUT2D eigenvalue weighted by Crippen LogP contribution is 2.47. The van der Waals surface area contributed by atoms with Crippen molar-refractivity contribution in [2.24, 2.45) is 5.92 Å². The first-order valence-electron chi connectivity index (χ1n) is 7.99. The molecule has 2 bridgehead atoms. The van der Waals surface area contributed by atoms with E-state index in [1.54, 1.807) is 0 Å². The Hall–Kier alpha value is -0.553. The van der Waals surface area contributed by atoms with Crippen molar-refractivity contribution in [2.75, 3.05) is 6.54 Å². The van der Waals surface area contributed by atoms with Crippen LogP contribution in [0.15, 0.2) is 0 Å². The number of carbonyl (C=O) groups is 1. The van der Waals surface area contributed by atoms with Crippen molar-refractivity contribution in [1.82, 2.24) is 4.90 Å². The van der Waals surface area contributed by atoms with Gasteiger partial charge < -0.3 is 14.1 Å². The van der Waals surface area contributed by atoms with Crippen molar-refractivity contribution >= 4 is 14.4 Å². The van der Waals surface area contributed by atoms with Gasteiger partial charge in [-0.2, -0.15) is 0 Å². The number of nitrogens with zero attached hydrogens (tertiary/aromatic N) is 1. The molecule has 3 fully saturated rings. The van der Waals surface area contributed by atoms with Crippen molar-refractivity contribution in [3.05, 3.63) is 0 Å². The van der Waals surface area contributed by atoms with Crippen LogP contribution in [-0.2, 0) is 9.16 Å². The predicted molar refractivity (Wildman–Crippen MR) is 86.9 cm³/mol. The van der Waals surface area contributed by atoms with Crippen LogP contribution in [0.2, 0.25) is 18.1 Å². The normalized spacial score (nSPS) is 29.3. The summed E-state index contributed by atoms with van der Waals surface area (Å²) >= 11 is 0. The second-order valence-corrected chi connectivity index (χ2v) is 13.8. The van der Waals surface area contributed by atoms with Crippen LogP contribution in [0.5, 0.6) is 0 Å². The van der Waals surface area contributed by atoms with E-state index in [2.05, 4.69) is 33.9 Å². The Morgan fingerprint density at radius 2 is 1.71 bits per heavy atom. The second kappa shape index (κ2) is 4.98. The van der Waals surface area contributed by atoms with Gasteiger partial charge in [-0.05, 0) is 45.3 Å². The van der Waals surface area contributed by atoms with Crippen LogP contribution < -0.4 is 0 Å². The van der Waals surface area contributed by atoms with Crippen LogP contribution in [-0.4, -0.2) is 43.6 Å². The quantitative estimate of drug-likeness (QED) is 0.723. The zero-order chi connectivity index (χ0) is 16.2. The molecule has 2 heterocycles. The third-order valence-corrected chi connectivity index (χ3v) is 9.56. The van der Waals surface area contributed by atoms with Gasteiger partial charge in [0.2, 0.25) is 0 Å². The van der Waals surface area contributed by atoms with Crippen molar-refractivity contribution in [3.8, 4) is 0 Å². The molecule has 0 aromatic heterocycles. The third-order valence-electron chi connectivity index (χ3n) is 5.08. The predicted octanol–water partition coefficient (Wildman–Crippen LogP) is 4.02. The molecule has 122 valence electrons. The minimum Gasteiger partial charge on any atom is -0.444 e. The summed E-state index contributed by atoms with van der Waals surface area (Å²) in [5.41, 5.74) is -0.431. The SMILES string of the molecule is CC(C)(C)OC(=O)N1C[C@@H]2C[C@H]1[C@@H]2O[Si](C)(C)C(C)(C)C. The number of fused-ring (bicyclic) bond motifs is 1. The van der Waals surface area contributed by atoms with Gasteiger partial charge in [0.25, 0.3) is 0 Å². The first-order valence-corrected chi connectivity index (χ1v) is 10.9. The average molecular weight is 314 g/mol. The van der Waals surface area contributed by atoms with E-state index >= 15 is 0 Å². The summed E-state index contributed by atoms with van der Waals surface area (Å²) < 4.78 is 12.0. The summed E-state index contributed by atoms with van der Waals surface area (Å²) in [6.45, 7) is 17.9. The Morgan fingerprint density at radius 1 is 1.14 bits per heavy atom. The number of carbonyl (C=O) groups excluding carboxylic acids is 1. The molecule has 3 rings (SSSR count). The minimum atomic E-state index is -1.77. The molecule has 21 heavy (non-hydrogen) atoms. The molecule has 3 aliphatic rings. The lowest BCUT2D eigenvalue weighted by molar-refractivity contribution is 0.00228. The maximum absolute atomic E-state index is 12.3. The Bertz CT molecular complexity index is 422. The van der Waals surface area contributed by atoms with Crippen molar-refractivity contribution in [2.45, 2.75) is 83.8 Å². The molecule has 0 N–H and O–H groups in total. The smallest absolute Gasteiger partial charge is 0.410 e. The fourth-order valence-electron chi connectivity index (χ4n) is 2.79. The molecule has 0 aromatic rings. The van der Waals surface area contributed by atoms with Gasteiger partial charge in [-0.25, -0.2) is 4.79 Å². The molecule has 5 heteroatoms. The van der Waals surface area contributed by atoms with Gasteiger partial charge in [0.15, 0.2) is 8.32 Å². The molecule has 1 aliphatic carbocycles. The molecular formula is C16H31NO3Si. The average Bonchev–Trinajstić information content (AvgIpc) is 2.79. The molecule has 1 saturated carbocycles. The van der Waals surface area contributed by atoms with Gasteiger partial charge >= 0.3 is 6.09 Å². The van der Waals surface area contributed by atoms with Gasteiger partial charge in [0, 0.05) is 12.5 Å². The lowest BCUT2D eigenvalue weighted by Gasteiger charge is -2.45. The van der Waals surface area contributed by atoms with Crippen molar-refractivity contribution in [1.29, 1.82) is 0 Å². The second-order valence-electron chi connectivity index (χ2n) is 9.04. The third kappa shape index (κ3) is 3.29. The van der Waals surface area contributed by atoms with Crippen LogP contribution in [0.4, 0.5) is 4.79 Å². The summed E-state index contributed by atoms with van der Waals surface area (Å²) in [4.78, 5) is 14.1. The summed E-state index contributed by atoms with van der Waals surface area (Å²) in [6, 6.07) is 0.221. The Balaban J connectivity index is 1.99. The fraction of sp³-hybridized carbons (Fsp3) is 0.938. The van der Waals surface area contributed by atoms with Gasteiger partial charge in [-0.15, -0.1) is 0 Å². The lowest BCUT2D eigenvalue weighted by Crippen LogP contribution is -2.54. The van der Waals surface area contributed by atoms with E-state index in [0.717, 1.165) is 13.0 Å². The van der Waals surface area contributed by atoms with Gasteiger partial charge in [0.1, 0.15) is 5.60 Å². The molecule has 3 atom stereocenters. The maximum atomic E-state index is 12.3. The van der Waals surface area contributed by atoms with Crippen molar-refractivity contribution < 1.29 is 14.0 Å². The van der Waals surface area contributed by atoms with E-state index in [1.807, 2.05) is 25.7 Å². The number of amides is 1. The number of rotatable bonds is 2. The number of hydrogen-bond acceptors (Lipinski definition) is 3. The molecule has 4 nitrogen and oxygen atoms in total. The Morgan fingerprint density at radius 3 is 2.19 bits per heavy atom. The zero-order valence-corrected chi connectivity index (χ0v) is 15.8. The van der Waals surface area contributed by atoms with Crippen LogP contribution in [0.25, 0.3) is 0 Å². The summed E-state index contributed by atoms with van der Waals surface area (Å²) in [5.74, 6) is 0.497. The molecule has 2 aliphatic heterocycles. The highest BCUT2D eigenvalue weighted by Gasteiger charge is 2.57. The Kier molecular flexibility index (Phi) is 3.99. The first kappa shape index (κ1) is 16.8. The molecule has 1 amide bonds. The summed E-state index contributed by atoms with van der Waals surface area (Å²) in [5, 5.41) is 0.207.